The molecule has 1 heterocycles. The van der Waals surface area contributed by atoms with E-state index in [-0.39, 0.29) is 18.4 Å². The van der Waals surface area contributed by atoms with Crippen molar-refractivity contribution in [1.82, 2.24) is 15.1 Å². The number of hydrogen-bond donors (Lipinski definition) is 2. The van der Waals surface area contributed by atoms with Crippen LogP contribution >= 0.6 is 15.9 Å². The number of aromatic nitrogens is 2. The summed E-state index contributed by atoms with van der Waals surface area (Å²) in [6, 6.07) is 16.2. The topological polar surface area (TPSA) is 76.0 Å². The predicted octanol–water partition coefficient (Wildman–Crippen LogP) is 3.31. The molecule has 26 heavy (non-hydrogen) atoms. The van der Waals surface area contributed by atoms with Crippen LogP contribution in [0.4, 0.5) is 5.69 Å². The van der Waals surface area contributed by atoms with Gasteiger partial charge in [-0.3, -0.25) is 9.59 Å². The average molecular weight is 413 g/mol. The Kier molecular flexibility index (Phi) is 5.48. The molecule has 0 unspecified atom stereocenters. The minimum absolute atomic E-state index is 0.111. The number of carbonyl (C=O) groups is 2. The molecule has 0 aliphatic heterocycles. The van der Waals surface area contributed by atoms with Crippen LogP contribution in [0.3, 0.4) is 0 Å². The molecular weight excluding hydrogens is 396 g/mol. The first-order chi connectivity index (χ1) is 12.5. The Balaban J connectivity index is 1.57. The van der Waals surface area contributed by atoms with Gasteiger partial charge in [-0.25, -0.2) is 4.68 Å². The smallest absolute Gasteiger partial charge is 0.251 e. The minimum atomic E-state index is -0.309. The summed E-state index contributed by atoms with van der Waals surface area (Å²) in [5.74, 6) is -0.606. The van der Waals surface area contributed by atoms with E-state index in [1.165, 1.54) is 0 Å². The van der Waals surface area contributed by atoms with Crippen molar-refractivity contribution in [1.29, 1.82) is 0 Å². The lowest BCUT2D eigenvalue weighted by Gasteiger charge is -2.09. The highest BCUT2D eigenvalue weighted by Gasteiger charge is 2.10. The summed E-state index contributed by atoms with van der Waals surface area (Å²) in [5.41, 5.74) is 3.01. The number of benzene rings is 2. The molecule has 3 rings (SSSR count). The third-order valence-electron chi connectivity index (χ3n) is 3.76. The molecule has 2 aromatic carbocycles. The number of hydrogen-bond acceptors (Lipinski definition) is 3. The van der Waals surface area contributed by atoms with Crippen molar-refractivity contribution in [2.45, 2.75) is 6.92 Å². The first-order valence-electron chi connectivity index (χ1n) is 7.98. The van der Waals surface area contributed by atoms with E-state index in [0.29, 0.717) is 11.3 Å². The van der Waals surface area contributed by atoms with Crippen LogP contribution in [0.5, 0.6) is 0 Å². The van der Waals surface area contributed by atoms with Crippen LogP contribution < -0.4 is 10.6 Å². The van der Waals surface area contributed by atoms with Crippen LogP contribution in [0, 0.1) is 6.92 Å². The molecule has 0 fully saturated rings. The van der Waals surface area contributed by atoms with Gasteiger partial charge in [0.05, 0.1) is 17.9 Å². The largest absolute Gasteiger partial charge is 0.343 e. The van der Waals surface area contributed by atoms with Crippen LogP contribution in [-0.4, -0.2) is 28.1 Å². The quantitative estimate of drug-likeness (QED) is 0.674. The lowest BCUT2D eigenvalue weighted by Crippen LogP contribution is -2.32. The molecular formula is C19H17BrN4O2. The van der Waals surface area contributed by atoms with E-state index >= 15 is 0 Å². The molecule has 6 nitrogen and oxygen atoms in total. The van der Waals surface area contributed by atoms with Crippen LogP contribution in [0.2, 0.25) is 0 Å². The van der Waals surface area contributed by atoms with Crippen LogP contribution in [0.15, 0.2) is 65.3 Å². The Morgan fingerprint density at radius 3 is 2.46 bits per heavy atom. The molecule has 2 N–H and O–H groups in total. The van der Waals surface area contributed by atoms with Gasteiger partial charge >= 0.3 is 0 Å². The van der Waals surface area contributed by atoms with Crippen molar-refractivity contribution in [3.8, 4) is 5.69 Å². The molecule has 0 saturated carbocycles. The standard InChI is InChI=1S/C19H17BrN4O2/c1-13-10-11-22-24(13)15-8-6-14(7-9-15)19(26)21-12-18(25)23-17-5-3-2-4-16(17)20/h2-11H,12H2,1H3,(H,21,26)(H,23,25). The highest BCUT2D eigenvalue weighted by molar-refractivity contribution is 9.10. The predicted molar refractivity (Wildman–Crippen MR) is 103 cm³/mol. The SMILES string of the molecule is Cc1ccnn1-c1ccc(C(=O)NCC(=O)Nc2ccccc2Br)cc1. The van der Waals surface area contributed by atoms with Crippen molar-refractivity contribution in [3.05, 3.63) is 76.5 Å². The molecule has 1 aromatic heterocycles. The number of amides is 2. The molecule has 7 heteroatoms. The fraction of sp³-hybridized carbons (Fsp3) is 0.105. The molecule has 0 bridgehead atoms. The summed E-state index contributed by atoms with van der Waals surface area (Å²) in [7, 11) is 0. The molecule has 3 aromatic rings. The first kappa shape index (κ1) is 17.9. The van der Waals surface area contributed by atoms with Crippen molar-refractivity contribution < 1.29 is 9.59 Å². The Hall–Kier alpha value is -2.93. The van der Waals surface area contributed by atoms with E-state index in [1.54, 1.807) is 29.1 Å². The number of para-hydroxylation sites is 1. The van der Waals surface area contributed by atoms with Crippen LogP contribution in [0.1, 0.15) is 16.1 Å². The molecule has 0 aliphatic carbocycles. The first-order valence-corrected chi connectivity index (χ1v) is 8.77. The zero-order valence-electron chi connectivity index (χ0n) is 14.1. The lowest BCUT2D eigenvalue weighted by molar-refractivity contribution is -0.115. The van der Waals surface area contributed by atoms with Gasteiger partial charge in [0.1, 0.15) is 0 Å². The second kappa shape index (κ2) is 7.97. The number of rotatable bonds is 5. The van der Waals surface area contributed by atoms with E-state index in [2.05, 4.69) is 31.7 Å². The number of nitrogens with zero attached hydrogens (tertiary/aromatic N) is 2. The molecule has 0 atom stereocenters. The summed E-state index contributed by atoms with van der Waals surface area (Å²) < 4.78 is 2.57. The zero-order chi connectivity index (χ0) is 18.5. The summed E-state index contributed by atoms with van der Waals surface area (Å²) >= 11 is 3.36. The van der Waals surface area contributed by atoms with Gasteiger partial charge in [0, 0.05) is 21.9 Å². The van der Waals surface area contributed by atoms with E-state index < -0.39 is 0 Å². The maximum atomic E-state index is 12.2. The summed E-state index contributed by atoms with van der Waals surface area (Å²) in [6.45, 7) is 1.84. The maximum Gasteiger partial charge on any atom is 0.251 e. The average Bonchev–Trinajstić information content (AvgIpc) is 3.08. The van der Waals surface area contributed by atoms with Gasteiger partial charge in [-0.05, 0) is 65.3 Å². The van der Waals surface area contributed by atoms with E-state index in [0.717, 1.165) is 15.9 Å². The third kappa shape index (κ3) is 4.18. The monoisotopic (exact) mass is 412 g/mol. The summed E-state index contributed by atoms with van der Waals surface area (Å²) in [6.07, 6.45) is 1.72. The number of carbonyl (C=O) groups excluding carboxylic acids is 2. The molecule has 0 saturated heterocycles. The third-order valence-corrected chi connectivity index (χ3v) is 4.45. The fourth-order valence-electron chi connectivity index (χ4n) is 2.41. The Bertz CT molecular complexity index is 935. The van der Waals surface area contributed by atoms with Gasteiger partial charge in [0.15, 0.2) is 0 Å². The second-order valence-electron chi connectivity index (χ2n) is 5.64. The van der Waals surface area contributed by atoms with Gasteiger partial charge < -0.3 is 10.6 Å². The number of halogens is 1. The number of anilines is 1. The molecule has 2 amide bonds. The van der Waals surface area contributed by atoms with Crippen molar-refractivity contribution in [2.75, 3.05) is 11.9 Å². The van der Waals surface area contributed by atoms with E-state index in [9.17, 15) is 9.59 Å². The molecule has 132 valence electrons. The van der Waals surface area contributed by atoms with Crippen molar-refractivity contribution in [3.63, 3.8) is 0 Å². The van der Waals surface area contributed by atoms with E-state index in [4.69, 9.17) is 0 Å². The molecule has 0 spiro atoms. The Morgan fingerprint density at radius 1 is 1.08 bits per heavy atom. The van der Waals surface area contributed by atoms with Crippen LogP contribution in [-0.2, 0) is 4.79 Å². The van der Waals surface area contributed by atoms with Gasteiger partial charge in [0.25, 0.3) is 5.91 Å². The Morgan fingerprint density at radius 2 is 1.81 bits per heavy atom. The fourth-order valence-corrected chi connectivity index (χ4v) is 2.80. The van der Waals surface area contributed by atoms with Gasteiger partial charge in [-0.1, -0.05) is 12.1 Å². The summed E-state index contributed by atoms with van der Waals surface area (Å²) in [5, 5.41) is 9.58. The highest BCUT2D eigenvalue weighted by atomic mass is 79.9. The normalized spacial score (nSPS) is 10.4. The van der Waals surface area contributed by atoms with Crippen molar-refractivity contribution in [2.24, 2.45) is 0 Å². The Labute approximate surface area is 159 Å². The second-order valence-corrected chi connectivity index (χ2v) is 6.50. The highest BCUT2D eigenvalue weighted by Crippen LogP contribution is 2.20. The van der Waals surface area contributed by atoms with Gasteiger partial charge in [-0.2, -0.15) is 5.10 Å². The number of aryl methyl sites for hydroxylation is 1. The zero-order valence-corrected chi connectivity index (χ0v) is 15.7. The van der Waals surface area contributed by atoms with Gasteiger partial charge in [0.2, 0.25) is 5.91 Å². The van der Waals surface area contributed by atoms with Gasteiger partial charge in [-0.15, -0.1) is 0 Å². The van der Waals surface area contributed by atoms with Crippen LogP contribution in [0.25, 0.3) is 5.69 Å². The lowest BCUT2D eigenvalue weighted by atomic mass is 10.2. The summed E-state index contributed by atoms with van der Waals surface area (Å²) in [4.78, 5) is 24.2. The van der Waals surface area contributed by atoms with E-state index in [1.807, 2.05) is 43.3 Å². The van der Waals surface area contributed by atoms with Crippen molar-refractivity contribution >= 4 is 33.4 Å². The molecule has 0 aliphatic rings. The number of nitrogens with one attached hydrogen (secondary N) is 2. The maximum absolute atomic E-state index is 12.2. The minimum Gasteiger partial charge on any atom is -0.343 e. The molecule has 0 radical (unpaired) electrons.